The normalized spacial score (nSPS) is 11.5. The van der Waals surface area contributed by atoms with Crippen molar-refractivity contribution in [3.8, 4) is 23.0 Å². The Morgan fingerprint density at radius 1 is 1.00 bits per heavy atom. The van der Waals surface area contributed by atoms with Crippen LogP contribution in [0.1, 0.15) is 21.7 Å². The fourth-order valence-corrected chi connectivity index (χ4v) is 3.79. The van der Waals surface area contributed by atoms with E-state index in [1.54, 1.807) is 4.68 Å². The Morgan fingerprint density at radius 3 is 2.42 bits per heavy atom. The summed E-state index contributed by atoms with van der Waals surface area (Å²) in [5.41, 5.74) is 4.50. The molecule has 8 heteroatoms. The number of aromatic amines is 1. The van der Waals surface area contributed by atoms with Gasteiger partial charge in [-0.15, -0.1) is 15.3 Å². The molecule has 0 aliphatic heterocycles. The average Bonchev–Trinajstić information content (AvgIpc) is 3.41. The van der Waals surface area contributed by atoms with Gasteiger partial charge in [-0.25, -0.2) is 9.67 Å². The molecular weight excluding hydrogens is 416 g/mol. The van der Waals surface area contributed by atoms with Gasteiger partial charge in [0.05, 0.1) is 11.2 Å². The maximum Gasteiger partial charge on any atom is 0.335 e. The van der Waals surface area contributed by atoms with Crippen LogP contribution in [0, 0.1) is 13.8 Å². The van der Waals surface area contributed by atoms with E-state index >= 15 is 0 Å². The number of aromatic hydroxyl groups is 1. The number of hydrogen-bond acceptors (Lipinski definition) is 5. The molecule has 0 radical (unpaired) electrons. The summed E-state index contributed by atoms with van der Waals surface area (Å²) in [4.78, 5) is 20.2. The van der Waals surface area contributed by atoms with Crippen molar-refractivity contribution in [2.24, 2.45) is 10.2 Å². The van der Waals surface area contributed by atoms with Crippen molar-refractivity contribution in [2.75, 3.05) is 0 Å². The van der Waals surface area contributed by atoms with E-state index in [4.69, 9.17) is 0 Å². The Kier molecular flexibility index (Phi) is 5.02. The minimum Gasteiger partial charge on any atom is -0.493 e. The number of para-hydroxylation sites is 1. The zero-order valence-electron chi connectivity index (χ0n) is 18.0. The number of benzene rings is 3. The highest BCUT2D eigenvalue weighted by molar-refractivity contribution is 5.97. The Bertz CT molecular complexity index is 1440. The molecule has 8 nitrogen and oxygen atoms in total. The van der Waals surface area contributed by atoms with Crippen LogP contribution in [0.3, 0.4) is 0 Å². The molecule has 0 spiro atoms. The summed E-state index contributed by atoms with van der Waals surface area (Å²) in [5.74, 6) is -0.433. The molecule has 3 aromatic carbocycles. The first-order chi connectivity index (χ1) is 16.0. The maximum absolute atomic E-state index is 12.9. The molecule has 162 valence electrons. The molecule has 33 heavy (non-hydrogen) atoms. The van der Waals surface area contributed by atoms with Gasteiger partial charge in [-0.1, -0.05) is 60.2 Å². The molecule has 0 aliphatic carbocycles. The van der Waals surface area contributed by atoms with Crippen LogP contribution in [-0.2, 0) is 0 Å². The van der Waals surface area contributed by atoms with Gasteiger partial charge < -0.3 is 10.1 Å². The summed E-state index contributed by atoms with van der Waals surface area (Å²) in [6.45, 7) is 3.89. The van der Waals surface area contributed by atoms with Crippen LogP contribution in [0.25, 0.3) is 28.0 Å². The standard InChI is InChI=1S/C25H20N6O2/c1-15-13-16(2)20-19(14-15)21(24(32)26-20)28-29-25(33)22-27-23(17-9-5-3-6-10-17)31(30-22)18-11-7-4-8-12-18/h3-14,26,32H,1-2H3. The highest BCUT2D eigenvalue weighted by atomic mass is 16.3. The van der Waals surface area contributed by atoms with Crippen molar-refractivity contribution >= 4 is 22.5 Å². The number of carbonyl (C=O) groups is 1. The molecule has 0 saturated heterocycles. The van der Waals surface area contributed by atoms with Gasteiger partial charge in [-0.05, 0) is 37.6 Å². The van der Waals surface area contributed by atoms with E-state index < -0.39 is 5.91 Å². The van der Waals surface area contributed by atoms with E-state index in [9.17, 15) is 9.90 Å². The Hall–Kier alpha value is -4.59. The molecule has 0 fully saturated rings. The predicted octanol–water partition coefficient (Wildman–Crippen LogP) is 5.66. The summed E-state index contributed by atoms with van der Waals surface area (Å²) >= 11 is 0. The van der Waals surface area contributed by atoms with Crippen molar-refractivity contribution in [1.29, 1.82) is 0 Å². The highest BCUT2D eigenvalue weighted by Crippen LogP contribution is 2.37. The number of H-pyrrole nitrogens is 1. The van der Waals surface area contributed by atoms with Gasteiger partial charge in [0, 0.05) is 10.9 Å². The van der Waals surface area contributed by atoms with Crippen molar-refractivity contribution in [3.05, 3.63) is 89.7 Å². The van der Waals surface area contributed by atoms with Crippen LogP contribution in [0.5, 0.6) is 5.88 Å². The van der Waals surface area contributed by atoms with Crippen molar-refractivity contribution in [1.82, 2.24) is 19.7 Å². The monoisotopic (exact) mass is 436 g/mol. The zero-order valence-corrected chi connectivity index (χ0v) is 18.0. The Labute approximate surface area is 189 Å². The third kappa shape index (κ3) is 3.78. The first-order valence-corrected chi connectivity index (χ1v) is 10.4. The molecule has 0 saturated carbocycles. The molecule has 0 aliphatic rings. The van der Waals surface area contributed by atoms with E-state index in [2.05, 4.69) is 25.3 Å². The minimum absolute atomic E-state index is 0.0897. The van der Waals surface area contributed by atoms with Crippen LogP contribution in [0.4, 0.5) is 5.69 Å². The third-order valence-electron chi connectivity index (χ3n) is 5.27. The molecule has 5 aromatic rings. The zero-order chi connectivity index (χ0) is 22.9. The summed E-state index contributed by atoms with van der Waals surface area (Å²) < 4.78 is 1.61. The lowest BCUT2D eigenvalue weighted by molar-refractivity contribution is 0.0985. The van der Waals surface area contributed by atoms with E-state index in [-0.39, 0.29) is 17.4 Å². The van der Waals surface area contributed by atoms with Gasteiger partial charge in [0.25, 0.3) is 0 Å². The molecule has 0 unspecified atom stereocenters. The number of carbonyl (C=O) groups excluding carboxylic acids is 1. The summed E-state index contributed by atoms with van der Waals surface area (Å²) in [6, 6.07) is 22.8. The molecule has 2 heterocycles. The second-order valence-corrected chi connectivity index (χ2v) is 7.70. The summed E-state index contributed by atoms with van der Waals surface area (Å²) in [5, 5.41) is 23.3. The molecule has 5 rings (SSSR count). The van der Waals surface area contributed by atoms with Gasteiger partial charge in [0.2, 0.25) is 11.7 Å². The molecule has 2 aromatic heterocycles. The molecular formula is C25H20N6O2. The fraction of sp³-hybridized carbons (Fsp3) is 0.0800. The smallest absolute Gasteiger partial charge is 0.335 e. The number of aromatic nitrogens is 4. The lowest BCUT2D eigenvalue weighted by Crippen LogP contribution is -2.01. The summed E-state index contributed by atoms with van der Waals surface area (Å²) in [7, 11) is 0. The Balaban J connectivity index is 1.55. The average molecular weight is 436 g/mol. The first kappa shape index (κ1) is 20.3. The van der Waals surface area contributed by atoms with Crippen LogP contribution in [0.15, 0.2) is 83.0 Å². The third-order valence-corrected chi connectivity index (χ3v) is 5.27. The summed E-state index contributed by atoms with van der Waals surface area (Å²) in [6.07, 6.45) is 0. The predicted molar refractivity (Wildman–Crippen MR) is 125 cm³/mol. The molecule has 1 amide bonds. The lowest BCUT2D eigenvalue weighted by atomic mass is 10.1. The van der Waals surface area contributed by atoms with E-state index in [1.165, 1.54) is 0 Å². The van der Waals surface area contributed by atoms with Crippen LogP contribution >= 0.6 is 0 Å². The van der Waals surface area contributed by atoms with Gasteiger partial charge >= 0.3 is 5.91 Å². The van der Waals surface area contributed by atoms with Crippen molar-refractivity contribution in [3.63, 3.8) is 0 Å². The van der Waals surface area contributed by atoms with Crippen molar-refractivity contribution in [2.45, 2.75) is 13.8 Å². The number of nitrogens with zero attached hydrogens (tertiary/aromatic N) is 5. The lowest BCUT2D eigenvalue weighted by Gasteiger charge is -2.05. The number of rotatable bonds is 4. The topological polar surface area (TPSA) is 109 Å². The number of hydrogen-bond donors (Lipinski definition) is 2. The molecule has 2 N–H and O–H groups in total. The Morgan fingerprint density at radius 2 is 1.70 bits per heavy atom. The van der Waals surface area contributed by atoms with E-state index in [0.29, 0.717) is 11.2 Å². The van der Waals surface area contributed by atoms with Gasteiger partial charge in [-0.2, -0.15) is 0 Å². The van der Waals surface area contributed by atoms with Gasteiger partial charge in [0.15, 0.2) is 11.5 Å². The number of aryl methyl sites for hydroxylation is 2. The van der Waals surface area contributed by atoms with Crippen molar-refractivity contribution < 1.29 is 9.90 Å². The largest absolute Gasteiger partial charge is 0.493 e. The first-order valence-electron chi connectivity index (χ1n) is 10.4. The van der Waals surface area contributed by atoms with Crippen LogP contribution in [0.2, 0.25) is 0 Å². The molecule has 0 bridgehead atoms. The minimum atomic E-state index is -0.708. The van der Waals surface area contributed by atoms with E-state index in [1.807, 2.05) is 86.6 Å². The quantitative estimate of drug-likeness (QED) is 0.354. The number of nitrogens with one attached hydrogen (secondary N) is 1. The highest BCUT2D eigenvalue weighted by Gasteiger charge is 2.19. The number of fused-ring (bicyclic) bond motifs is 1. The maximum atomic E-state index is 12.9. The number of amides is 1. The number of azo groups is 1. The van der Waals surface area contributed by atoms with Gasteiger partial charge in [-0.3, -0.25) is 4.79 Å². The van der Waals surface area contributed by atoms with Gasteiger partial charge in [0.1, 0.15) is 0 Å². The second-order valence-electron chi connectivity index (χ2n) is 7.70. The van der Waals surface area contributed by atoms with Crippen LogP contribution < -0.4 is 0 Å². The van der Waals surface area contributed by atoms with Crippen LogP contribution in [-0.4, -0.2) is 30.8 Å². The molecule has 0 atom stereocenters. The SMILES string of the molecule is Cc1cc(C)c2[nH]c(O)c(N=NC(=O)c3nc(-c4ccccc4)n(-c4ccccc4)n3)c2c1. The fourth-order valence-electron chi connectivity index (χ4n) is 3.79. The second kappa shape index (κ2) is 8.16. The van der Waals surface area contributed by atoms with E-state index in [0.717, 1.165) is 27.9 Å².